The molecule has 27 heavy (non-hydrogen) atoms. The Kier molecular flexibility index (Phi) is 5.89. The minimum atomic E-state index is -0.557. The van der Waals surface area contributed by atoms with E-state index < -0.39 is 11.7 Å². The number of ether oxygens (including phenoxy) is 2. The van der Waals surface area contributed by atoms with Crippen molar-refractivity contribution in [2.75, 3.05) is 5.32 Å². The highest BCUT2D eigenvalue weighted by Gasteiger charge is 2.19. The van der Waals surface area contributed by atoms with E-state index in [0.29, 0.717) is 12.3 Å². The Morgan fingerprint density at radius 1 is 1.00 bits per heavy atom. The molecule has 0 heterocycles. The number of anilines is 1. The number of amides is 1. The van der Waals surface area contributed by atoms with Crippen LogP contribution in [0.2, 0.25) is 0 Å². The first kappa shape index (κ1) is 19.5. The van der Waals surface area contributed by atoms with E-state index in [1.165, 1.54) is 0 Å². The molecule has 0 fully saturated rings. The van der Waals surface area contributed by atoms with E-state index in [1.807, 2.05) is 81.4 Å². The van der Waals surface area contributed by atoms with Gasteiger partial charge < -0.3 is 9.47 Å². The molecule has 3 aromatic carbocycles. The lowest BCUT2D eigenvalue weighted by atomic mass is 10.1. The molecule has 0 aromatic heterocycles. The van der Waals surface area contributed by atoms with E-state index in [0.717, 1.165) is 25.7 Å². The van der Waals surface area contributed by atoms with Crippen LogP contribution in [0.15, 0.2) is 60.7 Å². The van der Waals surface area contributed by atoms with Crippen LogP contribution < -0.4 is 10.1 Å². The monoisotopic (exact) mass is 475 g/mol. The van der Waals surface area contributed by atoms with Gasteiger partial charge in [-0.25, -0.2) is 4.79 Å². The van der Waals surface area contributed by atoms with E-state index in [9.17, 15) is 4.79 Å². The van der Waals surface area contributed by atoms with E-state index >= 15 is 0 Å². The fraction of sp³-hybridized carbons (Fsp3) is 0.227. The van der Waals surface area contributed by atoms with E-state index in [1.54, 1.807) is 0 Å². The smallest absolute Gasteiger partial charge is 0.412 e. The van der Waals surface area contributed by atoms with Crippen molar-refractivity contribution in [3.05, 3.63) is 69.8 Å². The highest BCUT2D eigenvalue weighted by atomic mass is 127. The molecule has 0 spiro atoms. The molecule has 0 saturated heterocycles. The van der Waals surface area contributed by atoms with E-state index in [-0.39, 0.29) is 0 Å². The average Bonchev–Trinajstić information content (AvgIpc) is 2.62. The lowest BCUT2D eigenvalue weighted by Gasteiger charge is -2.21. The molecule has 0 radical (unpaired) electrons. The van der Waals surface area contributed by atoms with Gasteiger partial charge in [-0.1, -0.05) is 54.6 Å². The lowest BCUT2D eigenvalue weighted by Crippen LogP contribution is -2.27. The van der Waals surface area contributed by atoms with E-state index in [2.05, 4.69) is 27.9 Å². The molecule has 0 aliphatic heterocycles. The van der Waals surface area contributed by atoms with Gasteiger partial charge in [0.15, 0.2) is 0 Å². The van der Waals surface area contributed by atoms with Crippen molar-refractivity contribution in [2.45, 2.75) is 33.0 Å². The number of nitrogens with one attached hydrogen (secondary N) is 1. The third kappa shape index (κ3) is 5.13. The van der Waals surface area contributed by atoms with Crippen molar-refractivity contribution >= 4 is 45.1 Å². The second-order valence-electron chi connectivity index (χ2n) is 7.18. The van der Waals surface area contributed by atoms with Crippen LogP contribution in [0.1, 0.15) is 26.3 Å². The van der Waals surface area contributed by atoms with Gasteiger partial charge in [-0.2, -0.15) is 0 Å². The minimum Gasteiger partial charge on any atom is -0.488 e. The number of benzene rings is 3. The summed E-state index contributed by atoms with van der Waals surface area (Å²) in [6, 6.07) is 19.9. The molecule has 140 valence electrons. The number of hydrogen-bond acceptors (Lipinski definition) is 3. The van der Waals surface area contributed by atoms with E-state index in [4.69, 9.17) is 9.47 Å². The van der Waals surface area contributed by atoms with Crippen molar-refractivity contribution in [1.82, 2.24) is 0 Å². The predicted octanol–water partition coefficient (Wildman–Crippen LogP) is 6.37. The fourth-order valence-electron chi connectivity index (χ4n) is 2.67. The van der Waals surface area contributed by atoms with Gasteiger partial charge in [0.1, 0.15) is 18.0 Å². The maximum Gasteiger partial charge on any atom is 0.412 e. The van der Waals surface area contributed by atoms with Gasteiger partial charge in [0.2, 0.25) is 0 Å². The van der Waals surface area contributed by atoms with Crippen LogP contribution in [0.25, 0.3) is 10.8 Å². The van der Waals surface area contributed by atoms with Gasteiger partial charge in [0.05, 0.1) is 5.69 Å². The number of carbonyl (C=O) groups excluding carboxylic acids is 1. The number of carbonyl (C=O) groups is 1. The van der Waals surface area contributed by atoms with Gasteiger partial charge in [-0.15, -0.1) is 0 Å². The summed E-state index contributed by atoms with van der Waals surface area (Å²) in [5.41, 5.74) is 1.20. The average molecular weight is 475 g/mol. The summed E-state index contributed by atoms with van der Waals surface area (Å²) in [7, 11) is 0. The molecule has 0 saturated carbocycles. The topological polar surface area (TPSA) is 47.6 Å². The standard InChI is InChI=1S/C22H22INO3/c1-22(2,3)27-21(25)24-18-13-19(26-14-15-9-5-4-6-10-15)16-11-7-8-12-17(16)20(18)23/h4-13H,14H2,1-3H3,(H,24,25). The van der Waals surface area contributed by atoms with Gasteiger partial charge in [0, 0.05) is 20.4 Å². The molecular formula is C22H22INO3. The Morgan fingerprint density at radius 3 is 2.30 bits per heavy atom. The molecule has 1 amide bonds. The van der Waals surface area contributed by atoms with Crippen LogP contribution in [-0.2, 0) is 11.3 Å². The molecular weight excluding hydrogens is 453 g/mol. The summed E-state index contributed by atoms with van der Waals surface area (Å²) in [4.78, 5) is 12.2. The first-order chi connectivity index (χ1) is 12.8. The Labute approximate surface area is 173 Å². The van der Waals surface area contributed by atoms with Gasteiger partial charge in [-0.3, -0.25) is 5.32 Å². The Morgan fingerprint density at radius 2 is 1.63 bits per heavy atom. The molecule has 4 nitrogen and oxygen atoms in total. The molecule has 0 unspecified atom stereocenters. The largest absolute Gasteiger partial charge is 0.488 e. The number of hydrogen-bond donors (Lipinski definition) is 1. The zero-order valence-corrected chi connectivity index (χ0v) is 17.7. The molecule has 1 N–H and O–H groups in total. The molecule has 0 aliphatic carbocycles. The molecule has 3 aromatic rings. The molecule has 5 heteroatoms. The Hall–Kier alpha value is -2.28. The number of rotatable bonds is 4. The van der Waals surface area contributed by atoms with Crippen molar-refractivity contribution < 1.29 is 14.3 Å². The third-order valence-electron chi connectivity index (χ3n) is 3.81. The maximum atomic E-state index is 12.2. The summed E-state index contributed by atoms with van der Waals surface area (Å²) in [6.07, 6.45) is -0.482. The maximum absolute atomic E-state index is 12.2. The SMILES string of the molecule is CC(C)(C)OC(=O)Nc1cc(OCc2ccccc2)c2ccccc2c1I. The van der Waals surface area contributed by atoms with Crippen LogP contribution in [0.3, 0.4) is 0 Å². The summed E-state index contributed by atoms with van der Waals surface area (Å²) in [6.45, 7) is 5.97. The quantitative estimate of drug-likeness (QED) is 0.446. The van der Waals surface area contributed by atoms with Crippen LogP contribution >= 0.6 is 22.6 Å². The van der Waals surface area contributed by atoms with Gasteiger partial charge in [-0.05, 0) is 48.9 Å². The molecule has 0 bridgehead atoms. The minimum absolute atomic E-state index is 0.456. The Bertz CT molecular complexity index is 949. The zero-order valence-electron chi connectivity index (χ0n) is 15.6. The highest BCUT2D eigenvalue weighted by molar-refractivity contribution is 14.1. The zero-order chi connectivity index (χ0) is 19.4. The summed E-state index contributed by atoms with van der Waals surface area (Å²) in [5, 5.41) is 4.88. The van der Waals surface area contributed by atoms with Crippen molar-refractivity contribution in [2.24, 2.45) is 0 Å². The van der Waals surface area contributed by atoms with Gasteiger partial charge >= 0.3 is 6.09 Å². The summed E-state index contributed by atoms with van der Waals surface area (Å²) < 4.78 is 12.4. The van der Waals surface area contributed by atoms with Crippen molar-refractivity contribution in [1.29, 1.82) is 0 Å². The highest BCUT2D eigenvalue weighted by Crippen LogP contribution is 2.36. The predicted molar refractivity (Wildman–Crippen MR) is 117 cm³/mol. The summed E-state index contributed by atoms with van der Waals surface area (Å²) >= 11 is 2.24. The number of fused-ring (bicyclic) bond motifs is 1. The van der Waals surface area contributed by atoms with Crippen LogP contribution in [0, 0.1) is 3.57 Å². The first-order valence-electron chi connectivity index (χ1n) is 8.71. The molecule has 3 rings (SSSR count). The first-order valence-corrected chi connectivity index (χ1v) is 9.79. The molecule has 0 atom stereocenters. The Balaban J connectivity index is 1.92. The van der Waals surface area contributed by atoms with Crippen molar-refractivity contribution in [3.8, 4) is 5.75 Å². The second kappa shape index (κ2) is 8.17. The van der Waals surface area contributed by atoms with Crippen LogP contribution in [0.5, 0.6) is 5.75 Å². The van der Waals surface area contributed by atoms with Crippen molar-refractivity contribution in [3.63, 3.8) is 0 Å². The van der Waals surface area contributed by atoms with Crippen LogP contribution in [0.4, 0.5) is 10.5 Å². The fourth-order valence-corrected chi connectivity index (χ4v) is 3.43. The normalized spacial score (nSPS) is 11.3. The molecule has 0 aliphatic rings. The van der Waals surface area contributed by atoms with Gasteiger partial charge in [0.25, 0.3) is 0 Å². The second-order valence-corrected chi connectivity index (χ2v) is 8.26. The van der Waals surface area contributed by atoms with Crippen LogP contribution in [-0.4, -0.2) is 11.7 Å². The third-order valence-corrected chi connectivity index (χ3v) is 4.98. The summed E-state index contributed by atoms with van der Waals surface area (Å²) in [5.74, 6) is 0.723. The lowest BCUT2D eigenvalue weighted by molar-refractivity contribution is 0.0636. The number of halogens is 1.